The van der Waals surface area contributed by atoms with E-state index in [0.29, 0.717) is 11.6 Å². The van der Waals surface area contributed by atoms with Gasteiger partial charge in [-0.1, -0.05) is 24.6 Å². The fourth-order valence-electron chi connectivity index (χ4n) is 1.59. The second kappa shape index (κ2) is 9.38. The first-order valence-electron chi connectivity index (χ1n) is 6.95. The zero-order valence-electron chi connectivity index (χ0n) is 12.6. The molecule has 1 aromatic carbocycles. The van der Waals surface area contributed by atoms with Gasteiger partial charge < -0.3 is 15.4 Å². The molecule has 22 heavy (non-hydrogen) atoms. The summed E-state index contributed by atoms with van der Waals surface area (Å²) in [7, 11) is 0. The van der Waals surface area contributed by atoms with E-state index >= 15 is 0 Å². The molecule has 0 aliphatic carbocycles. The van der Waals surface area contributed by atoms with Crippen LogP contribution in [0.15, 0.2) is 18.2 Å². The van der Waals surface area contributed by atoms with Gasteiger partial charge in [0.25, 0.3) is 0 Å². The predicted octanol–water partition coefficient (Wildman–Crippen LogP) is 3.19. The first kappa shape index (κ1) is 18.4. The Balaban J connectivity index is 2.40. The van der Waals surface area contributed by atoms with Gasteiger partial charge in [0, 0.05) is 17.1 Å². The van der Waals surface area contributed by atoms with Crippen LogP contribution in [-0.4, -0.2) is 23.6 Å². The topological polar surface area (TPSA) is 67.4 Å². The Morgan fingerprint density at radius 2 is 2.05 bits per heavy atom. The first-order valence-corrected chi connectivity index (χ1v) is 7.74. The van der Waals surface area contributed by atoms with Crippen molar-refractivity contribution in [2.24, 2.45) is 0 Å². The van der Waals surface area contributed by atoms with Crippen LogP contribution >= 0.6 is 23.8 Å². The number of ether oxygens (including phenoxy) is 1. The van der Waals surface area contributed by atoms with Gasteiger partial charge in [-0.25, -0.2) is 0 Å². The Bertz CT molecular complexity index is 564. The van der Waals surface area contributed by atoms with Gasteiger partial charge in [-0.15, -0.1) is 0 Å². The lowest BCUT2D eigenvalue weighted by atomic mass is 10.2. The molecule has 120 valence electrons. The molecule has 0 saturated heterocycles. The van der Waals surface area contributed by atoms with Crippen molar-refractivity contribution in [1.29, 1.82) is 0 Å². The van der Waals surface area contributed by atoms with Crippen LogP contribution in [0.1, 0.15) is 31.7 Å². The highest BCUT2D eigenvalue weighted by Crippen LogP contribution is 2.22. The van der Waals surface area contributed by atoms with E-state index in [0.717, 1.165) is 17.7 Å². The second-order valence-electron chi connectivity index (χ2n) is 4.64. The minimum absolute atomic E-state index is 0.0267. The molecule has 0 bridgehead atoms. The van der Waals surface area contributed by atoms with E-state index < -0.39 is 0 Å². The summed E-state index contributed by atoms with van der Waals surface area (Å²) in [5, 5.41) is 6.19. The Morgan fingerprint density at radius 1 is 1.32 bits per heavy atom. The van der Waals surface area contributed by atoms with Gasteiger partial charge >= 0.3 is 5.97 Å². The largest absolute Gasteiger partial charge is 0.466 e. The number of nitrogens with one attached hydrogen (secondary N) is 2. The lowest BCUT2D eigenvalue weighted by Crippen LogP contribution is -2.34. The summed E-state index contributed by atoms with van der Waals surface area (Å²) in [4.78, 5) is 23.0. The van der Waals surface area contributed by atoms with E-state index in [1.165, 1.54) is 0 Å². The molecule has 7 heteroatoms. The third kappa shape index (κ3) is 6.41. The molecule has 0 heterocycles. The highest BCUT2D eigenvalue weighted by Gasteiger charge is 2.10. The number of thiocarbonyl (C=S) groups is 1. The lowest BCUT2D eigenvalue weighted by Gasteiger charge is -2.12. The predicted molar refractivity (Wildman–Crippen MR) is 91.0 cm³/mol. The number of rotatable bonds is 6. The summed E-state index contributed by atoms with van der Waals surface area (Å²) in [6.45, 7) is 4.12. The van der Waals surface area contributed by atoms with E-state index in [9.17, 15) is 9.59 Å². The third-order valence-electron chi connectivity index (χ3n) is 2.79. The summed E-state index contributed by atoms with van der Waals surface area (Å²) in [5.74, 6) is -0.729. The fourth-order valence-corrected chi connectivity index (χ4v) is 1.99. The molecule has 1 rings (SSSR count). The Labute approximate surface area is 140 Å². The number of carbonyl (C=O) groups is 2. The van der Waals surface area contributed by atoms with Crippen LogP contribution < -0.4 is 10.6 Å². The molecule has 1 aromatic rings. The molecule has 0 aliphatic heterocycles. The van der Waals surface area contributed by atoms with Crippen LogP contribution in [0.3, 0.4) is 0 Å². The molecule has 1 amide bonds. The highest BCUT2D eigenvalue weighted by atomic mass is 35.5. The van der Waals surface area contributed by atoms with E-state index in [2.05, 4.69) is 10.6 Å². The van der Waals surface area contributed by atoms with Crippen molar-refractivity contribution in [2.75, 3.05) is 11.9 Å². The van der Waals surface area contributed by atoms with Gasteiger partial charge in [-0.2, -0.15) is 0 Å². The molecule has 0 radical (unpaired) electrons. The van der Waals surface area contributed by atoms with Crippen LogP contribution in [-0.2, 0) is 14.3 Å². The van der Waals surface area contributed by atoms with Gasteiger partial charge in [-0.05, 0) is 43.3 Å². The number of esters is 1. The summed E-state index contributed by atoms with van der Waals surface area (Å²) in [5.41, 5.74) is 1.56. The first-order chi connectivity index (χ1) is 10.4. The Hall–Kier alpha value is -1.66. The number of amides is 1. The van der Waals surface area contributed by atoms with Crippen molar-refractivity contribution in [1.82, 2.24) is 5.32 Å². The Morgan fingerprint density at radius 3 is 2.73 bits per heavy atom. The summed E-state index contributed by atoms with van der Waals surface area (Å²) in [6, 6.07) is 5.36. The SMILES string of the molecule is CCCOC(=O)CCC(=O)NC(=S)Nc1cccc(Cl)c1C. The van der Waals surface area contributed by atoms with Crippen LogP contribution in [0.25, 0.3) is 0 Å². The third-order valence-corrected chi connectivity index (χ3v) is 3.41. The fraction of sp³-hybridized carbons (Fsp3) is 0.400. The number of anilines is 1. The van der Waals surface area contributed by atoms with E-state index in [4.69, 9.17) is 28.6 Å². The van der Waals surface area contributed by atoms with E-state index in [1.54, 1.807) is 12.1 Å². The van der Waals surface area contributed by atoms with Gasteiger partial charge in [0.15, 0.2) is 5.11 Å². The maximum absolute atomic E-state index is 11.7. The number of hydrogen-bond donors (Lipinski definition) is 2. The summed E-state index contributed by atoms with van der Waals surface area (Å²) < 4.78 is 4.89. The molecule has 0 aromatic heterocycles. The monoisotopic (exact) mass is 342 g/mol. The molecular weight excluding hydrogens is 324 g/mol. The molecule has 2 N–H and O–H groups in total. The molecular formula is C15H19ClN2O3S. The minimum Gasteiger partial charge on any atom is -0.466 e. The van der Waals surface area contributed by atoms with Crippen LogP contribution in [0.2, 0.25) is 5.02 Å². The van der Waals surface area contributed by atoms with Crippen LogP contribution in [0.4, 0.5) is 5.69 Å². The minimum atomic E-state index is -0.387. The molecule has 0 spiro atoms. The maximum atomic E-state index is 11.7. The quantitative estimate of drug-likeness (QED) is 0.614. The normalized spacial score (nSPS) is 9.95. The number of hydrogen-bond acceptors (Lipinski definition) is 4. The number of halogens is 1. The molecule has 0 fully saturated rings. The van der Waals surface area contributed by atoms with E-state index in [-0.39, 0.29) is 29.8 Å². The van der Waals surface area contributed by atoms with Gasteiger partial charge in [0.05, 0.1) is 13.0 Å². The Kier molecular flexibility index (Phi) is 7.84. The van der Waals surface area contributed by atoms with Gasteiger partial charge in [0.1, 0.15) is 0 Å². The van der Waals surface area contributed by atoms with Crippen molar-refractivity contribution in [2.45, 2.75) is 33.1 Å². The molecule has 5 nitrogen and oxygen atoms in total. The van der Waals surface area contributed by atoms with Crippen LogP contribution in [0, 0.1) is 6.92 Å². The van der Waals surface area contributed by atoms with Crippen molar-refractivity contribution in [3.63, 3.8) is 0 Å². The molecule has 0 aliphatic rings. The molecule has 0 atom stereocenters. The van der Waals surface area contributed by atoms with Gasteiger partial charge in [-0.3, -0.25) is 9.59 Å². The average Bonchev–Trinajstić information content (AvgIpc) is 2.47. The summed E-state index contributed by atoms with van der Waals surface area (Å²) in [6.07, 6.45) is 0.814. The zero-order valence-corrected chi connectivity index (χ0v) is 14.1. The van der Waals surface area contributed by atoms with Crippen molar-refractivity contribution < 1.29 is 14.3 Å². The molecule has 0 saturated carbocycles. The van der Waals surface area contributed by atoms with E-state index in [1.807, 2.05) is 19.9 Å². The smallest absolute Gasteiger partial charge is 0.306 e. The van der Waals surface area contributed by atoms with Crippen molar-refractivity contribution in [3.8, 4) is 0 Å². The maximum Gasteiger partial charge on any atom is 0.306 e. The van der Waals surface area contributed by atoms with Crippen LogP contribution in [0.5, 0.6) is 0 Å². The summed E-state index contributed by atoms with van der Waals surface area (Å²) >= 11 is 11.1. The lowest BCUT2D eigenvalue weighted by molar-refractivity contribution is -0.144. The molecule has 0 unspecified atom stereocenters. The van der Waals surface area contributed by atoms with Crippen molar-refractivity contribution in [3.05, 3.63) is 28.8 Å². The highest BCUT2D eigenvalue weighted by molar-refractivity contribution is 7.80. The average molecular weight is 343 g/mol. The zero-order chi connectivity index (χ0) is 16.5. The van der Waals surface area contributed by atoms with Crippen molar-refractivity contribution >= 4 is 46.5 Å². The second-order valence-corrected chi connectivity index (χ2v) is 5.45. The van der Waals surface area contributed by atoms with Gasteiger partial charge in [0.2, 0.25) is 5.91 Å². The number of benzene rings is 1. The standard InChI is InChI=1S/C15H19ClN2O3S/c1-3-9-21-14(20)8-7-13(19)18-15(22)17-12-6-4-5-11(16)10(12)2/h4-6H,3,7-9H2,1-2H3,(H2,17,18,19,22). The number of carbonyl (C=O) groups excluding carboxylic acids is 2.